The van der Waals surface area contributed by atoms with Gasteiger partial charge in [0.05, 0.1) is 12.8 Å². The fourth-order valence-electron chi connectivity index (χ4n) is 2.58. The number of amides is 1. The lowest BCUT2D eigenvalue weighted by Crippen LogP contribution is -2.20. The first-order valence-corrected chi connectivity index (χ1v) is 8.15. The Balaban J connectivity index is 1.82. The molecule has 25 heavy (non-hydrogen) atoms. The highest BCUT2D eigenvalue weighted by atomic mass is 32.1. The molecule has 1 amide bonds. The quantitative estimate of drug-likeness (QED) is 0.713. The zero-order chi connectivity index (χ0) is 18.0. The van der Waals surface area contributed by atoms with Crippen LogP contribution >= 0.6 is 12.2 Å². The summed E-state index contributed by atoms with van der Waals surface area (Å²) >= 11 is 5.45. The van der Waals surface area contributed by atoms with Crippen molar-refractivity contribution in [3.63, 3.8) is 0 Å². The van der Waals surface area contributed by atoms with Crippen LogP contribution in [0.4, 0.5) is 5.69 Å². The van der Waals surface area contributed by atoms with Gasteiger partial charge in [0.25, 0.3) is 0 Å². The third kappa shape index (κ3) is 3.48. The molecule has 0 aliphatic rings. The zero-order valence-corrected chi connectivity index (χ0v) is 15.1. The first-order valence-electron chi connectivity index (χ1n) is 7.74. The smallest absolute Gasteiger partial charge is 0.246 e. The van der Waals surface area contributed by atoms with Gasteiger partial charge in [0.2, 0.25) is 10.7 Å². The lowest BCUT2D eigenvalue weighted by Gasteiger charge is -2.11. The highest BCUT2D eigenvalue weighted by Crippen LogP contribution is 2.25. The minimum absolute atomic E-state index is 0.0189. The molecule has 0 bridgehead atoms. The maximum absolute atomic E-state index is 12.4. The summed E-state index contributed by atoms with van der Waals surface area (Å²) in [5.74, 6) is 1.08. The molecule has 3 rings (SSSR count). The van der Waals surface area contributed by atoms with E-state index in [1.165, 1.54) is 4.68 Å². The molecule has 0 aliphatic heterocycles. The van der Waals surface area contributed by atoms with E-state index in [4.69, 9.17) is 17.0 Å². The second kappa shape index (κ2) is 6.94. The van der Waals surface area contributed by atoms with Crippen LogP contribution < -0.4 is 10.1 Å². The molecule has 1 N–H and O–H groups in total. The molecule has 0 fully saturated rings. The molecule has 2 aromatic heterocycles. The third-order valence-electron chi connectivity index (χ3n) is 3.72. The van der Waals surface area contributed by atoms with Gasteiger partial charge in [0.1, 0.15) is 18.1 Å². The summed E-state index contributed by atoms with van der Waals surface area (Å²) in [5.41, 5.74) is 1.65. The second-order valence-corrected chi connectivity index (χ2v) is 5.98. The SMILES string of the molecule is COc1ccc(C)cc1NC(=O)Cn1nc(C)n(-n2cccc2)c1=S. The largest absolute Gasteiger partial charge is 0.495 e. The van der Waals surface area contributed by atoms with Crippen LogP contribution in [0.5, 0.6) is 5.75 Å². The maximum atomic E-state index is 12.4. The lowest BCUT2D eigenvalue weighted by atomic mass is 10.2. The predicted octanol–water partition coefficient (Wildman–Crippen LogP) is 2.79. The van der Waals surface area contributed by atoms with Crippen molar-refractivity contribution >= 4 is 23.8 Å². The Labute approximate surface area is 150 Å². The van der Waals surface area contributed by atoms with Gasteiger partial charge < -0.3 is 10.1 Å². The van der Waals surface area contributed by atoms with E-state index in [9.17, 15) is 4.79 Å². The van der Waals surface area contributed by atoms with Gasteiger partial charge in [-0.3, -0.25) is 9.47 Å². The number of carbonyl (C=O) groups excluding carboxylic acids is 1. The van der Waals surface area contributed by atoms with E-state index >= 15 is 0 Å². The van der Waals surface area contributed by atoms with E-state index in [1.54, 1.807) is 11.8 Å². The number of ether oxygens (including phenoxy) is 1. The Kier molecular flexibility index (Phi) is 4.71. The Bertz CT molecular complexity index is 956. The first-order chi connectivity index (χ1) is 12.0. The van der Waals surface area contributed by atoms with Gasteiger partial charge in [-0.1, -0.05) is 6.07 Å². The molecule has 0 saturated carbocycles. The fraction of sp³-hybridized carbons (Fsp3) is 0.235. The maximum Gasteiger partial charge on any atom is 0.246 e. The summed E-state index contributed by atoms with van der Waals surface area (Å²) in [6, 6.07) is 9.40. The Morgan fingerprint density at radius 1 is 1.28 bits per heavy atom. The minimum atomic E-state index is -0.225. The number of rotatable bonds is 5. The molecule has 0 saturated heterocycles. The van der Waals surface area contributed by atoms with Crippen LogP contribution in [-0.2, 0) is 11.3 Å². The van der Waals surface area contributed by atoms with E-state index in [0.29, 0.717) is 22.0 Å². The van der Waals surface area contributed by atoms with Crippen molar-refractivity contribution in [1.82, 2.24) is 19.1 Å². The number of nitrogens with zero attached hydrogens (tertiary/aromatic N) is 4. The van der Waals surface area contributed by atoms with E-state index in [0.717, 1.165) is 5.56 Å². The summed E-state index contributed by atoms with van der Waals surface area (Å²) < 4.78 is 10.8. The van der Waals surface area contributed by atoms with Gasteiger partial charge in [0, 0.05) is 12.4 Å². The van der Waals surface area contributed by atoms with Crippen LogP contribution in [0, 0.1) is 18.6 Å². The highest BCUT2D eigenvalue weighted by molar-refractivity contribution is 7.71. The number of aryl methyl sites for hydroxylation is 2. The Hall–Kier alpha value is -2.87. The molecule has 0 unspecified atom stereocenters. The summed E-state index contributed by atoms with van der Waals surface area (Å²) in [7, 11) is 1.57. The van der Waals surface area contributed by atoms with Crippen molar-refractivity contribution in [2.75, 3.05) is 12.4 Å². The lowest BCUT2D eigenvalue weighted by molar-refractivity contribution is -0.116. The van der Waals surface area contributed by atoms with Crippen molar-refractivity contribution in [3.8, 4) is 5.75 Å². The summed E-state index contributed by atoms with van der Waals surface area (Å²) in [5, 5.41) is 7.22. The van der Waals surface area contributed by atoms with Crippen LogP contribution in [0.1, 0.15) is 11.4 Å². The molecule has 0 atom stereocenters. The van der Waals surface area contributed by atoms with E-state index in [2.05, 4.69) is 10.4 Å². The van der Waals surface area contributed by atoms with Gasteiger partial charge in [-0.15, -0.1) is 0 Å². The number of methoxy groups -OCH3 is 1. The number of anilines is 1. The normalized spacial score (nSPS) is 10.7. The van der Waals surface area contributed by atoms with Crippen molar-refractivity contribution in [2.24, 2.45) is 0 Å². The second-order valence-electron chi connectivity index (χ2n) is 5.61. The third-order valence-corrected chi connectivity index (χ3v) is 4.10. The minimum Gasteiger partial charge on any atom is -0.495 e. The number of benzene rings is 1. The number of hydrogen-bond acceptors (Lipinski definition) is 4. The molecule has 0 radical (unpaired) electrons. The first kappa shape index (κ1) is 17.0. The van der Waals surface area contributed by atoms with Crippen molar-refractivity contribution in [1.29, 1.82) is 0 Å². The van der Waals surface area contributed by atoms with E-state index in [1.807, 2.05) is 61.2 Å². The number of aromatic nitrogens is 4. The van der Waals surface area contributed by atoms with Gasteiger partial charge in [-0.05, 0) is 55.9 Å². The topological polar surface area (TPSA) is 66.0 Å². The van der Waals surface area contributed by atoms with Crippen molar-refractivity contribution < 1.29 is 9.53 Å². The van der Waals surface area contributed by atoms with Crippen molar-refractivity contribution in [3.05, 3.63) is 58.9 Å². The summed E-state index contributed by atoms with van der Waals surface area (Å²) in [6.45, 7) is 3.81. The van der Waals surface area contributed by atoms with Crippen LogP contribution in [0.15, 0.2) is 42.7 Å². The van der Waals surface area contributed by atoms with Crippen LogP contribution in [0.2, 0.25) is 0 Å². The van der Waals surface area contributed by atoms with E-state index < -0.39 is 0 Å². The molecular formula is C17H19N5O2S. The average Bonchev–Trinajstić information content (AvgIpc) is 3.16. The van der Waals surface area contributed by atoms with Crippen molar-refractivity contribution in [2.45, 2.75) is 20.4 Å². The molecular weight excluding hydrogens is 338 g/mol. The van der Waals surface area contributed by atoms with Crippen LogP contribution in [-0.4, -0.2) is 32.1 Å². The molecule has 0 aliphatic carbocycles. The highest BCUT2D eigenvalue weighted by Gasteiger charge is 2.13. The van der Waals surface area contributed by atoms with Gasteiger partial charge >= 0.3 is 0 Å². The number of hydrogen-bond donors (Lipinski definition) is 1. The van der Waals surface area contributed by atoms with Crippen LogP contribution in [0.3, 0.4) is 0 Å². The standard InChI is InChI=1S/C17H19N5O2S/c1-12-6-7-15(24-3)14(10-12)18-16(23)11-21-17(25)22(13(2)19-21)20-8-4-5-9-20/h4-10H,11H2,1-3H3,(H,18,23). The number of carbonyl (C=O) groups is 1. The summed E-state index contributed by atoms with van der Waals surface area (Å²) in [6.07, 6.45) is 3.74. The molecule has 1 aromatic carbocycles. The van der Waals surface area contributed by atoms with Gasteiger partial charge in [-0.2, -0.15) is 5.10 Å². The summed E-state index contributed by atoms with van der Waals surface area (Å²) in [4.78, 5) is 12.4. The Morgan fingerprint density at radius 2 is 2.00 bits per heavy atom. The monoisotopic (exact) mass is 357 g/mol. The molecule has 2 heterocycles. The fourth-order valence-corrected chi connectivity index (χ4v) is 2.91. The molecule has 3 aromatic rings. The Morgan fingerprint density at radius 3 is 2.68 bits per heavy atom. The van der Waals surface area contributed by atoms with Gasteiger partial charge in [0.15, 0.2) is 0 Å². The van der Waals surface area contributed by atoms with Crippen LogP contribution in [0.25, 0.3) is 0 Å². The van der Waals surface area contributed by atoms with Gasteiger partial charge in [-0.25, -0.2) is 9.36 Å². The number of nitrogens with one attached hydrogen (secondary N) is 1. The zero-order valence-electron chi connectivity index (χ0n) is 14.3. The molecule has 0 spiro atoms. The molecule has 8 heteroatoms. The predicted molar refractivity (Wildman–Crippen MR) is 97.4 cm³/mol. The molecule has 130 valence electrons. The molecule has 7 nitrogen and oxygen atoms in total. The average molecular weight is 357 g/mol. The van der Waals surface area contributed by atoms with E-state index in [-0.39, 0.29) is 12.5 Å².